The Hall–Kier alpha value is -1.72. The molecule has 0 aliphatic rings. The molecule has 3 aromatic rings. The summed E-state index contributed by atoms with van der Waals surface area (Å²) in [4.78, 5) is 6.86. The summed E-state index contributed by atoms with van der Waals surface area (Å²) >= 11 is 1.69. The van der Waals surface area contributed by atoms with Crippen molar-refractivity contribution in [3.63, 3.8) is 0 Å². The number of aromatic nitrogens is 2. The monoisotopic (exact) mass is 303 g/mol. The van der Waals surface area contributed by atoms with E-state index < -0.39 is 0 Å². The van der Waals surface area contributed by atoms with E-state index in [1.165, 1.54) is 10.9 Å². The molecule has 0 bridgehead atoms. The Labute approximate surface area is 127 Å². The van der Waals surface area contributed by atoms with Crippen molar-refractivity contribution in [2.45, 2.75) is 33.4 Å². The lowest BCUT2D eigenvalue weighted by Crippen LogP contribution is -2.19. The minimum absolute atomic E-state index is 0.0883. The van der Waals surface area contributed by atoms with E-state index in [1.54, 1.807) is 23.5 Å². The van der Waals surface area contributed by atoms with Gasteiger partial charge >= 0.3 is 0 Å². The molecule has 21 heavy (non-hydrogen) atoms. The maximum atomic E-state index is 13.3. The number of halogens is 1. The average molecular weight is 303 g/mol. The van der Waals surface area contributed by atoms with Crippen molar-refractivity contribution >= 4 is 16.3 Å². The molecule has 1 N–H and O–H groups in total. The van der Waals surface area contributed by atoms with Crippen molar-refractivity contribution in [3.8, 4) is 0 Å². The van der Waals surface area contributed by atoms with Gasteiger partial charge in [-0.15, -0.1) is 11.3 Å². The number of benzene rings is 1. The molecular formula is C16H18FN3S. The van der Waals surface area contributed by atoms with Gasteiger partial charge in [-0.3, -0.25) is 4.40 Å². The van der Waals surface area contributed by atoms with Crippen molar-refractivity contribution in [2.24, 2.45) is 0 Å². The first-order chi connectivity index (χ1) is 10.0. The van der Waals surface area contributed by atoms with Crippen molar-refractivity contribution in [3.05, 3.63) is 58.1 Å². The van der Waals surface area contributed by atoms with Crippen LogP contribution in [0.15, 0.2) is 30.5 Å². The van der Waals surface area contributed by atoms with E-state index in [0.29, 0.717) is 6.54 Å². The summed E-state index contributed by atoms with van der Waals surface area (Å²) in [5, 5.41) is 3.45. The number of thiazole rings is 1. The van der Waals surface area contributed by atoms with Crippen molar-refractivity contribution in [1.82, 2.24) is 14.7 Å². The highest BCUT2D eigenvalue weighted by molar-refractivity contribution is 7.17. The normalized spacial score (nSPS) is 13.0. The zero-order valence-corrected chi connectivity index (χ0v) is 13.2. The Bertz CT molecular complexity index is 775. The largest absolute Gasteiger partial charge is 0.305 e. The number of rotatable bonds is 4. The SMILES string of the molecule is Cc1cn2c(CNC(C)c3cccc(F)c3)c(C)nc2s1. The Balaban J connectivity index is 1.78. The summed E-state index contributed by atoms with van der Waals surface area (Å²) in [5.74, 6) is -0.197. The second-order valence-corrected chi connectivity index (χ2v) is 6.51. The molecule has 1 aromatic carbocycles. The molecule has 3 nitrogen and oxygen atoms in total. The maximum Gasteiger partial charge on any atom is 0.194 e. The Morgan fingerprint density at radius 1 is 1.38 bits per heavy atom. The number of nitrogens with one attached hydrogen (secondary N) is 1. The van der Waals surface area contributed by atoms with Gasteiger partial charge < -0.3 is 5.32 Å². The first-order valence-electron chi connectivity index (χ1n) is 6.97. The summed E-state index contributed by atoms with van der Waals surface area (Å²) in [6.45, 7) is 6.86. The fraction of sp³-hybridized carbons (Fsp3) is 0.312. The van der Waals surface area contributed by atoms with Crippen LogP contribution in [0.25, 0.3) is 4.96 Å². The first kappa shape index (κ1) is 14.2. The standard InChI is InChI=1S/C16H18FN3S/c1-10-9-20-15(12(3)19-16(20)21-10)8-18-11(2)13-5-4-6-14(17)7-13/h4-7,9,11,18H,8H2,1-3H3. The van der Waals surface area contributed by atoms with Gasteiger partial charge in [0.05, 0.1) is 11.4 Å². The first-order valence-corrected chi connectivity index (χ1v) is 7.79. The third-order valence-corrected chi connectivity index (χ3v) is 4.56. The van der Waals surface area contributed by atoms with Crippen LogP contribution in [-0.4, -0.2) is 9.38 Å². The lowest BCUT2D eigenvalue weighted by atomic mass is 10.1. The van der Waals surface area contributed by atoms with Gasteiger partial charge in [0.25, 0.3) is 0 Å². The van der Waals surface area contributed by atoms with Crippen molar-refractivity contribution in [2.75, 3.05) is 0 Å². The molecule has 2 aromatic heterocycles. The summed E-state index contributed by atoms with van der Waals surface area (Å²) in [6, 6.07) is 6.81. The van der Waals surface area contributed by atoms with Gasteiger partial charge in [-0.1, -0.05) is 12.1 Å². The van der Waals surface area contributed by atoms with Gasteiger partial charge in [-0.05, 0) is 38.5 Å². The third kappa shape index (κ3) is 2.84. The van der Waals surface area contributed by atoms with E-state index in [1.807, 2.05) is 19.9 Å². The molecule has 3 rings (SSSR count). The van der Waals surface area contributed by atoms with E-state index in [0.717, 1.165) is 21.9 Å². The molecule has 1 atom stereocenters. The average Bonchev–Trinajstić information content (AvgIpc) is 2.91. The minimum Gasteiger partial charge on any atom is -0.305 e. The van der Waals surface area contributed by atoms with Crippen LogP contribution in [-0.2, 0) is 6.54 Å². The molecule has 110 valence electrons. The maximum absolute atomic E-state index is 13.3. The molecule has 5 heteroatoms. The van der Waals surface area contributed by atoms with Crippen LogP contribution >= 0.6 is 11.3 Å². The second-order valence-electron chi connectivity index (χ2n) is 5.30. The zero-order chi connectivity index (χ0) is 15.0. The van der Waals surface area contributed by atoms with Gasteiger partial charge in [0.2, 0.25) is 0 Å². The van der Waals surface area contributed by atoms with E-state index in [-0.39, 0.29) is 11.9 Å². The highest BCUT2D eigenvalue weighted by atomic mass is 32.1. The quantitative estimate of drug-likeness (QED) is 0.789. The second kappa shape index (κ2) is 5.58. The van der Waals surface area contributed by atoms with Crippen molar-refractivity contribution in [1.29, 1.82) is 0 Å². The minimum atomic E-state index is -0.197. The van der Waals surface area contributed by atoms with Crippen LogP contribution in [0.1, 0.15) is 34.8 Å². The van der Waals surface area contributed by atoms with Gasteiger partial charge in [0.1, 0.15) is 5.82 Å². The Kier molecular flexibility index (Phi) is 3.78. The molecular weight excluding hydrogens is 285 g/mol. The molecule has 0 aliphatic heterocycles. The fourth-order valence-electron chi connectivity index (χ4n) is 2.47. The van der Waals surface area contributed by atoms with Crippen LogP contribution in [0.4, 0.5) is 4.39 Å². The fourth-order valence-corrected chi connectivity index (χ4v) is 3.36. The molecule has 2 heterocycles. The molecule has 0 amide bonds. The molecule has 0 fully saturated rings. The molecule has 1 unspecified atom stereocenters. The number of fused-ring (bicyclic) bond motifs is 1. The van der Waals surface area contributed by atoms with Crippen LogP contribution in [0.5, 0.6) is 0 Å². The predicted octanol–water partition coefficient (Wildman–Crippen LogP) is 4.00. The van der Waals surface area contributed by atoms with Gasteiger partial charge in [0.15, 0.2) is 4.96 Å². The van der Waals surface area contributed by atoms with Gasteiger partial charge in [0, 0.05) is 23.7 Å². The smallest absolute Gasteiger partial charge is 0.194 e. The Morgan fingerprint density at radius 2 is 2.19 bits per heavy atom. The molecule has 0 aliphatic carbocycles. The molecule has 0 saturated heterocycles. The molecule has 0 radical (unpaired) electrons. The van der Waals surface area contributed by atoms with Crippen LogP contribution in [0.3, 0.4) is 0 Å². The summed E-state index contributed by atoms with van der Waals surface area (Å²) in [7, 11) is 0. The van der Waals surface area contributed by atoms with Crippen molar-refractivity contribution < 1.29 is 4.39 Å². The number of hydrogen-bond donors (Lipinski definition) is 1. The van der Waals surface area contributed by atoms with E-state index >= 15 is 0 Å². The summed E-state index contributed by atoms with van der Waals surface area (Å²) in [6.07, 6.45) is 2.11. The zero-order valence-electron chi connectivity index (χ0n) is 12.4. The summed E-state index contributed by atoms with van der Waals surface area (Å²) in [5.41, 5.74) is 3.16. The van der Waals surface area contributed by atoms with E-state index in [9.17, 15) is 4.39 Å². The lowest BCUT2D eigenvalue weighted by Gasteiger charge is -2.14. The topological polar surface area (TPSA) is 29.3 Å². The van der Waals surface area contributed by atoms with E-state index in [2.05, 4.69) is 27.8 Å². The third-order valence-electron chi connectivity index (χ3n) is 3.67. The number of nitrogens with zero attached hydrogens (tertiary/aromatic N) is 2. The summed E-state index contributed by atoms with van der Waals surface area (Å²) < 4.78 is 15.4. The molecule has 0 spiro atoms. The predicted molar refractivity (Wildman–Crippen MR) is 84.2 cm³/mol. The lowest BCUT2D eigenvalue weighted by molar-refractivity contribution is 0.556. The number of imidazole rings is 1. The highest BCUT2D eigenvalue weighted by Gasteiger charge is 2.12. The van der Waals surface area contributed by atoms with Gasteiger partial charge in [-0.2, -0.15) is 0 Å². The molecule has 0 saturated carbocycles. The number of aryl methyl sites for hydroxylation is 2. The number of hydrogen-bond acceptors (Lipinski definition) is 3. The van der Waals surface area contributed by atoms with Crippen LogP contribution in [0, 0.1) is 19.7 Å². The van der Waals surface area contributed by atoms with Gasteiger partial charge in [-0.25, -0.2) is 9.37 Å². The highest BCUT2D eigenvalue weighted by Crippen LogP contribution is 2.21. The van der Waals surface area contributed by atoms with E-state index in [4.69, 9.17) is 0 Å². The van der Waals surface area contributed by atoms with Crippen LogP contribution in [0.2, 0.25) is 0 Å². The van der Waals surface area contributed by atoms with Crippen LogP contribution < -0.4 is 5.32 Å². The Morgan fingerprint density at radius 3 is 2.95 bits per heavy atom.